The minimum Gasteiger partial charge on any atom is -0.0669 e. The fourth-order valence-corrected chi connectivity index (χ4v) is 36.8. The Morgan fingerprint density at radius 1 is 0.611 bits per heavy atom. The number of hydrogen-bond donors (Lipinski definition) is 0. The summed E-state index contributed by atoms with van der Waals surface area (Å²) in [6.45, 7) is 24.8. The molecular formula is C32H53Si4. The second kappa shape index (κ2) is 12.4. The SMILES string of the molecule is CC(C)C[Si]1c2cccc(c2)[Si][Si](CC(C)C)(CC(C)C)c2cccc(c2)[Si]1(CC(C)C)CC(C)C. The first-order chi connectivity index (χ1) is 16.9. The molecule has 0 atom stereocenters. The maximum Gasteiger partial charge on any atom is 0.0837 e. The summed E-state index contributed by atoms with van der Waals surface area (Å²) in [4.78, 5) is 0. The third-order valence-electron chi connectivity index (χ3n) is 7.78. The van der Waals surface area contributed by atoms with Gasteiger partial charge in [0.25, 0.3) is 0 Å². The van der Waals surface area contributed by atoms with Gasteiger partial charge in [-0.3, -0.25) is 0 Å². The van der Waals surface area contributed by atoms with Crippen LogP contribution in [-0.2, 0) is 0 Å². The van der Waals surface area contributed by atoms with E-state index in [0.717, 1.165) is 38.6 Å². The summed E-state index contributed by atoms with van der Waals surface area (Å²) in [7, 11) is -3.17. The maximum atomic E-state index is 2.86. The molecule has 2 aromatic carbocycles. The van der Waals surface area contributed by atoms with Crippen molar-refractivity contribution in [3.8, 4) is 0 Å². The van der Waals surface area contributed by atoms with E-state index in [9.17, 15) is 0 Å². The van der Waals surface area contributed by atoms with Crippen LogP contribution in [0.25, 0.3) is 0 Å². The molecule has 0 unspecified atom stereocenters. The van der Waals surface area contributed by atoms with Gasteiger partial charge in [-0.05, 0) is 29.6 Å². The van der Waals surface area contributed by atoms with Gasteiger partial charge >= 0.3 is 0 Å². The van der Waals surface area contributed by atoms with E-state index in [1.807, 2.05) is 5.19 Å². The van der Waals surface area contributed by atoms with Crippen molar-refractivity contribution in [1.82, 2.24) is 0 Å². The molecule has 2 aromatic rings. The molecule has 1 heterocycles. The molecule has 36 heavy (non-hydrogen) atoms. The molecule has 197 valence electrons. The van der Waals surface area contributed by atoms with Crippen molar-refractivity contribution in [2.24, 2.45) is 29.6 Å². The van der Waals surface area contributed by atoms with Crippen LogP contribution in [0, 0.1) is 29.6 Å². The highest BCUT2D eigenvalue weighted by Gasteiger charge is 2.47. The van der Waals surface area contributed by atoms with Crippen LogP contribution < -0.4 is 20.7 Å². The van der Waals surface area contributed by atoms with Gasteiger partial charge in [-0.1, -0.05) is 169 Å². The number of hydrogen-bond acceptors (Lipinski definition) is 0. The molecule has 1 aliphatic heterocycles. The van der Waals surface area contributed by atoms with E-state index < -0.39 is 23.5 Å². The van der Waals surface area contributed by atoms with Gasteiger partial charge in [0.05, 0.1) is 32.5 Å². The molecule has 3 radical (unpaired) electrons. The first kappa shape index (κ1) is 29.9. The summed E-state index contributed by atoms with van der Waals surface area (Å²) in [6.07, 6.45) is 0. The maximum absolute atomic E-state index is 2.86. The normalized spacial score (nSPS) is 17.5. The second-order valence-corrected chi connectivity index (χ2v) is 32.1. The minimum atomic E-state index is -1.77. The molecule has 0 fully saturated rings. The smallest absolute Gasteiger partial charge is 0.0669 e. The average molecular weight is 550 g/mol. The van der Waals surface area contributed by atoms with Gasteiger partial charge in [0.15, 0.2) is 0 Å². The van der Waals surface area contributed by atoms with Crippen molar-refractivity contribution in [3.05, 3.63) is 48.5 Å². The van der Waals surface area contributed by atoms with Crippen molar-refractivity contribution in [3.63, 3.8) is 0 Å². The van der Waals surface area contributed by atoms with Crippen LogP contribution in [-0.4, -0.2) is 32.5 Å². The summed E-state index contributed by atoms with van der Waals surface area (Å²) < 4.78 is 0. The first-order valence-electron chi connectivity index (χ1n) is 14.7. The highest BCUT2D eigenvalue weighted by molar-refractivity contribution is 7.43. The standard InChI is InChI=1S/C32H53Si4/c1-24(2)19-34-30-14-11-13-29(17-30)33-35(20-25(3)4,21-26(5)6)31-15-12-16-32(18-31)36(34,22-27(7)8)23-28(9)10/h11-18,24-28H,19-23H2,1-10H3. The van der Waals surface area contributed by atoms with E-state index in [4.69, 9.17) is 0 Å². The van der Waals surface area contributed by atoms with Crippen molar-refractivity contribution < 1.29 is 0 Å². The summed E-state index contributed by atoms with van der Waals surface area (Å²) in [5.74, 6) is 3.79. The molecule has 0 aromatic heterocycles. The van der Waals surface area contributed by atoms with E-state index in [-0.39, 0.29) is 0 Å². The van der Waals surface area contributed by atoms with Crippen molar-refractivity contribution in [2.45, 2.75) is 99.5 Å². The summed E-state index contributed by atoms with van der Waals surface area (Å²) in [5.41, 5.74) is 0. The molecular weight excluding hydrogens is 497 g/mol. The van der Waals surface area contributed by atoms with Crippen LogP contribution in [0.4, 0.5) is 0 Å². The van der Waals surface area contributed by atoms with Gasteiger partial charge in [-0.25, -0.2) is 0 Å². The lowest BCUT2D eigenvalue weighted by atomic mass is 10.3. The van der Waals surface area contributed by atoms with E-state index in [1.165, 1.54) is 30.2 Å². The van der Waals surface area contributed by atoms with E-state index in [0.29, 0.717) is 0 Å². The highest BCUT2D eigenvalue weighted by atomic mass is 29.2. The average Bonchev–Trinajstić information content (AvgIpc) is 2.75. The van der Waals surface area contributed by atoms with Crippen LogP contribution in [0.15, 0.2) is 48.5 Å². The number of rotatable bonds is 10. The number of fused-ring (bicyclic) bond motifs is 4. The molecule has 0 N–H and O–H groups in total. The zero-order chi connectivity index (χ0) is 26.7. The molecule has 4 bridgehead atoms. The van der Waals surface area contributed by atoms with Gasteiger partial charge in [0.2, 0.25) is 0 Å². The molecule has 0 nitrogen and oxygen atoms in total. The minimum absolute atomic E-state index is 0.690. The summed E-state index contributed by atoms with van der Waals surface area (Å²) >= 11 is 0. The fourth-order valence-electron chi connectivity index (χ4n) is 7.19. The van der Waals surface area contributed by atoms with Crippen LogP contribution >= 0.6 is 0 Å². The topological polar surface area (TPSA) is 0 Å². The van der Waals surface area contributed by atoms with Gasteiger partial charge in [-0.2, -0.15) is 0 Å². The third kappa shape index (κ3) is 7.03. The molecule has 0 aliphatic carbocycles. The van der Waals surface area contributed by atoms with Crippen molar-refractivity contribution in [1.29, 1.82) is 0 Å². The third-order valence-corrected chi connectivity index (χ3v) is 32.6. The van der Waals surface area contributed by atoms with Crippen LogP contribution in [0.3, 0.4) is 0 Å². The first-order valence-corrected chi connectivity index (χ1v) is 24.3. The monoisotopic (exact) mass is 549 g/mol. The van der Waals surface area contributed by atoms with Crippen molar-refractivity contribution >= 4 is 53.3 Å². The Labute approximate surface area is 230 Å². The molecule has 3 rings (SSSR count). The quantitative estimate of drug-likeness (QED) is 0.293. The van der Waals surface area contributed by atoms with Crippen LogP contribution in [0.5, 0.6) is 0 Å². The number of benzene rings is 2. The van der Waals surface area contributed by atoms with E-state index in [1.54, 1.807) is 15.6 Å². The predicted molar refractivity (Wildman–Crippen MR) is 173 cm³/mol. The Morgan fingerprint density at radius 2 is 1.14 bits per heavy atom. The second-order valence-electron chi connectivity index (χ2n) is 13.9. The molecule has 0 amide bonds. The van der Waals surface area contributed by atoms with E-state index in [2.05, 4.69) is 118 Å². The molecule has 0 saturated heterocycles. The molecule has 0 saturated carbocycles. The highest BCUT2D eigenvalue weighted by Crippen LogP contribution is 2.32. The Balaban J connectivity index is 2.41. The van der Waals surface area contributed by atoms with Crippen molar-refractivity contribution in [2.75, 3.05) is 0 Å². The van der Waals surface area contributed by atoms with E-state index >= 15 is 0 Å². The van der Waals surface area contributed by atoms with Gasteiger partial charge in [0.1, 0.15) is 0 Å². The Bertz CT molecular complexity index is 956. The molecule has 4 heteroatoms. The zero-order valence-electron chi connectivity index (χ0n) is 25.0. The van der Waals surface area contributed by atoms with Gasteiger partial charge in [0, 0.05) is 0 Å². The fraction of sp³-hybridized carbons (Fsp3) is 0.625. The van der Waals surface area contributed by atoms with Gasteiger partial charge in [-0.15, -0.1) is 0 Å². The Hall–Kier alpha value is -0.692. The van der Waals surface area contributed by atoms with Crippen LogP contribution in [0.2, 0.25) is 30.2 Å². The lowest BCUT2D eigenvalue weighted by molar-refractivity contribution is 0.686. The molecule has 0 spiro atoms. The Kier molecular flexibility index (Phi) is 10.3. The lowest BCUT2D eigenvalue weighted by Gasteiger charge is -2.44. The van der Waals surface area contributed by atoms with Gasteiger partial charge < -0.3 is 0 Å². The predicted octanol–water partition coefficient (Wildman–Crippen LogP) is 6.60. The lowest BCUT2D eigenvalue weighted by Crippen LogP contribution is -2.69. The zero-order valence-corrected chi connectivity index (χ0v) is 29.0. The largest absolute Gasteiger partial charge is 0.0837 e. The Morgan fingerprint density at radius 3 is 1.67 bits per heavy atom. The summed E-state index contributed by atoms with van der Waals surface area (Å²) in [5, 5.41) is 7.08. The summed E-state index contributed by atoms with van der Waals surface area (Å²) in [6, 6.07) is 28.0. The molecule has 1 aliphatic rings. The van der Waals surface area contributed by atoms with Crippen LogP contribution in [0.1, 0.15) is 69.2 Å².